The first kappa shape index (κ1) is 18.1. The zero-order valence-corrected chi connectivity index (χ0v) is 16.5. The van der Waals surface area contributed by atoms with Gasteiger partial charge in [-0.3, -0.25) is 4.79 Å². The van der Waals surface area contributed by atoms with Gasteiger partial charge in [-0.15, -0.1) is 0 Å². The van der Waals surface area contributed by atoms with E-state index in [2.05, 4.69) is 50.8 Å². The van der Waals surface area contributed by atoms with Crippen molar-refractivity contribution in [2.45, 2.75) is 71.1 Å². The normalized spacial score (nSPS) is 23.9. The maximum Gasteiger partial charge on any atom is 0.494 e. The van der Waals surface area contributed by atoms with Gasteiger partial charge >= 0.3 is 7.12 Å². The van der Waals surface area contributed by atoms with Crippen LogP contribution in [0.1, 0.15) is 58.9 Å². The predicted molar refractivity (Wildman–Crippen MR) is 103 cm³/mol. The van der Waals surface area contributed by atoms with Gasteiger partial charge in [-0.05, 0) is 70.3 Å². The third kappa shape index (κ3) is 3.70. The van der Waals surface area contributed by atoms with Gasteiger partial charge in [-0.1, -0.05) is 24.3 Å². The highest BCUT2D eigenvalue weighted by atomic mass is 16.7. The lowest BCUT2D eigenvalue weighted by Crippen LogP contribution is -2.41. The van der Waals surface area contributed by atoms with E-state index in [0.717, 1.165) is 30.4 Å². The van der Waals surface area contributed by atoms with E-state index < -0.39 is 0 Å². The second kappa shape index (κ2) is 6.38. The molecule has 5 heteroatoms. The smallest absolute Gasteiger partial charge is 0.399 e. The third-order valence-corrected chi connectivity index (χ3v) is 6.26. The van der Waals surface area contributed by atoms with Crippen LogP contribution in [0.3, 0.4) is 0 Å². The molecular weight excluding hydrogens is 325 g/mol. The summed E-state index contributed by atoms with van der Waals surface area (Å²) < 4.78 is 12.4. The van der Waals surface area contributed by atoms with Crippen LogP contribution in [0.25, 0.3) is 0 Å². The zero-order chi connectivity index (χ0) is 18.5. The van der Waals surface area contributed by atoms with Crippen molar-refractivity contribution in [1.82, 2.24) is 4.90 Å². The molecule has 1 aromatic rings. The van der Waals surface area contributed by atoms with E-state index in [1.54, 1.807) is 0 Å². The van der Waals surface area contributed by atoms with Crippen molar-refractivity contribution in [2.75, 3.05) is 6.54 Å². The topological polar surface area (TPSA) is 38.8 Å². The molecule has 3 aliphatic rings. The van der Waals surface area contributed by atoms with Crippen LogP contribution in [0.2, 0.25) is 0 Å². The number of hydrogen-bond acceptors (Lipinski definition) is 3. The van der Waals surface area contributed by atoms with Gasteiger partial charge in [-0.25, -0.2) is 0 Å². The Labute approximate surface area is 157 Å². The molecular formula is C21H30BNO3. The maximum atomic E-state index is 12.7. The van der Waals surface area contributed by atoms with Gasteiger partial charge in [0.1, 0.15) is 0 Å². The Balaban J connectivity index is 1.49. The first-order chi connectivity index (χ1) is 12.2. The lowest BCUT2D eigenvalue weighted by molar-refractivity contribution is -0.133. The van der Waals surface area contributed by atoms with E-state index in [1.807, 2.05) is 6.07 Å². The number of amides is 1. The van der Waals surface area contributed by atoms with E-state index in [1.165, 1.54) is 12.8 Å². The molecule has 26 heavy (non-hydrogen) atoms. The minimum absolute atomic E-state index is 0.278. The molecule has 0 radical (unpaired) electrons. The average Bonchev–Trinajstić information content (AvgIpc) is 3.46. The lowest BCUT2D eigenvalue weighted by Gasteiger charge is -2.32. The van der Waals surface area contributed by atoms with Crippen LogP contribution in [0, 0.1) is 11.8 Å². The minimum atomic E-state index is -0.351. The minimum Gasteiger partial charge on any atom is -0.399 e. The largest absolute Gasteiger partial charge is 0.494 e. The first-order valence-corrected chi connectivity index (χ1v) is 9.98. The van der Waals surface area contributed by atoms with Gasteiger partial charge < -0.3 is 14.2 Å². The molecule has 2 saturated carbocycles. The number of hydrogen-bond donors (Lipinski definition) is 0. The van der Waals surface area contributed by atoms with Gasteiger partial charge in [0.05, 0.1) is 11.2 Å². The van der Waals surface area contributed by atoms with Crippen LogP contribution in [-0.4, -0.2) is 35.7 Å². The highest BCUT2D eigenvalue weighted by molar-refractivity contribution is 6.62. The standard InChI is InChI=1S/C21H30BNO3/c1-20(2)21(3,4)26-22(25-20)18-7-5-6-16(12-18)14-23(13-15-8-9-15)19(24)17-10-11-17/h5-7,12,15,17H,8-11,13-14H2,1-4H3. The number of rotatable bonds is 6. The Hall–Kier alpha value is -1.33. The van der Waals surface area contributed by atoms with E-state index in [9.17, 15) is 4.79 Å². The number of nitrogens with zero attached hydrogens (tertiary/aromatic N) is 1. The summed E-state index contributed by atoms with van der Waals surface area (Å²) in [4.78, 5) is 14.7. The molecule has 1 heterocycles. The Morgan fingerprint density at radius 1 is 1.12 bits per heavy atom. The van der Waals surface area contributed by atoms with Gasteiger partial charge in [0, 0.05) is 19.0 Å². The van der Waals surface area contributed by atoms with Gasteiger partial charge in [0.15, 0.2) is 0 Å². The molecule has 3 fully saturated rings. The first-order valence-electron chi connectivity index (χ1n) is 9.98. The summed E-state index contributed by atoms with van der Waals surface area (Å²) in [6.07, 6.45) is 4.66. The number of carbonyl (C=O) groups excluding carboxylic acids is 1. The fraction of sp³-hybridized carbons (Fsp3) is 0.667. The van der Waals surface area contributed by atoms with Gasteiger partial charge in [-0.2, -0.15) is 0 Å². The van der Waals surface area contributed by atoms with Crippen LogP contribution in [0.5, 0.6) is 0 Å². The molecule has 0 N–H and O–H groups in total. The monoisotopic (exact) mass is 355 g/mol. The average molecular weight is 355 g/mol. The second-order valence-electron chi connectivity index (χ2n) is 9.27. The van der Waals surface area contributed by atoms with E-state index >= 15 is 0 Å². The second-order valence-corrected chi connectivity index (χ2v) is 9.27. The van der Waals surface area contributed by atoms with Crippen molar-refractivity contribution in [3.05, 3.63) is 29.8 Å². The van der Waals surface area contributed by atoms with Crippen LogP contribution in [-0.2, 0) is 20.6 Å². The molecule has 0 aromatic heterocycles. The highest BCUT2D eigenvalue weighted by Gasteiger charge is 2.51. The molecule has 0 atom stereocenters. The molecule has 1 aliphatic heterocycles. The van der Waals surface area contributed by atoms with Crippen molar-refractivity contribution in [3.8, 4) is 0 Å². The van der Waals surface area contributed by atoms with E-state index in [0.29, 0.717) is 18.4 Å². The Morgan fingerprint density at radius 3 is 2.35 bits per heavy atom. The number of benzene rings is 1. The van der Waals surface area contributed by atoms with E-state index in [-0.39, 0.29) is 24.2 Å². The molecule has 1 aromatic carbocycles. The zero-order valence-electron chi connectivity index (χ0n) is 16.5. The molecule has 0 unspecified atom stereocenters. The maximum absolute atomic E-state index is 12.7. The molecule has 140 valence electrons. The molecule has 1 amide bonds. The molecule has 1 saturated heterocycles. The van der Waals surface area contributed by atoms with Crippen molar-refractivity contribution >= 4 is 18.5 Å². The van der Waals surface area contributed by atoms with Gasteiger partial charge in [0.25, 0.3) is 0 Å². The molecule has 4 rings (SSSR count). The molecule has 0 spiro atoms. The van der Waals surface area contributed by atoms with Crippen molar-refractivity contribution in [1.29, 1.82) is 0 Å². The summed E-state index contributed by atoms with van der Waals surface area (Å²) in [6, 6.07) is 8.35. The summed E-state index contributed by atoms with van der Waals surface area (Å²) in [5.41, 5.74) is 1.51. The summed E-state index contributed by atoms with van der Waals surface area (Å²) >= 11 is 0. The summed E-state index contributed by atoms with van der Waals surface area (Å²) in [5.74, 6) is 1.34. The summed E-state index contributed by atoms with van der Waals surface area (Å²) in [7, 11) is -0.351. The van der Waals surface area contributed by atoms with Crippen LogP contribution < -0.4 is 5.46 Å². The SMILES string of the molecule is CC1(C)OB(c2cccc(CN(CC3CC3)C(=O)C3CC3)c2)OC1(C)C. The van der Waals surface area contributed by atoms with Crippen LogP contribution in [0.4, 0.5) is 0 Å². The van der Waals surface area contributed by atoms with Crippen LogP contribution in [0.15, 0.2) is 24.3 Å². The van der Waals surface area contributed by atoms with Crippen molar-refractivity contribution < 1.29 is 14.1 Å². The summed E-state index contributed by atoms with van der Waals surface area (Å²) in [5, 5.41) is 0. The lowest BCUT2D eigenvalue weighted by atomic mass is 9.78. The number of carbonyl (C=O) groups is 1. The van der Waals surface area contributed by atoms with Crippen molar-refractivity contribution in [3.63, 3.8) is 0 Å². The summed E-state index contributed by atoms with van der Waals surface area (Å²) in [6.45, 7) is 9.89. The molecule has 2 aliphatic carbocycles. The Morgan fingerprint density at radius 2 is 1.77 bits per heavy atom. The van der Waals surface area contributed by atoms with Gasteiger partial charge in [0.2, 0.25) is 5.91 Å². The third-order valence-electron chi connectivity index (χ3n) is 6.26. The van der Waals surface area contributed by atoms with Crippen molar-refractivity contribution in [2.24, 2.45) is 11.8 Å². The van der Waals surface area contributed by atoms with E-state index in [4.69, 9.17) is 9.31 Å². The predicted octanol–water partition coefficient (Wildman–Crippen LogP) is 3.13. The highest BCUT2D eigenvalue weighted by Crippen LogP contribution is 2.37. The van der Waals surface area contributed by atoms with Crippen LogP contribution >= 0.6 is 0 Å². The quantitative estimate of drug-likeness (QED) is 0.736. The molecule has 0 bridgehead atoms. The Bertz CT molecular complexity index is 678. The Kier molecular flexibility index (Phi) is 4.43. The fourth-order valence-corrected chi connectivity index (χ4v) is 3.47. The molecule has 4 nitrogen and oxygen atoms in total. The fourth-order valence-electron chi connectivity index (χ4n) is 3.47.